The van der Waals surface area contributed by atoms with Crippen molar-refractivity contribution in [1.29, 1.82) is 0 Å². The molecule has 126 valence electrons. The Morgan fingerprint density at radius 3 is 1.95 bits per heavy atom. The molecule has 0 radical (unpaired) electrons. The van der Waals surface area contributed by atoms with Gasteiger partial charge in [0.2, 0.25) is 0 Å². The average molecular weight is 307 g/mol. The number of benzene rings is 1. The summed E-state index contributed by atoms with van der Waals surface area (Å²) in [5.41, 5.74) is 1.12. The number of hydrogen-bond acceptors (Lipinski definition) is 2. The summed E-state index contributed by atoms with van der Waals surface area (Å²) >= 11 is 0. The Balaban J connectivity index is -0.000000902. The predicted molar refractivity (Wildman–Crippen MR) is 96.1 cm³/mol. The molecule has 1 fully saturated rings. The predicted octanol–water partition coefficient (Wildman–Crippen LogP) is 4.57. The van der Waals surface area contributed by atoms with E-state index in [1.165, 1.54) is 0 Å². The molecule has 3 unspecified atom stereocenters. The van der Waals surface area contributed by atoms with Gasteiger partial charge in [-0.2, -0.15) is 0 Å². The second kappa shape index (κ2) is 10.0. The van der Waals surface area contributed by atoms with Crippen LogP contribution in [0.1, 0.15) is 54.0 Å². The zero-order chi connectivity index (χ0) is 13.3. The molecular formula is C19H33NO2. The summed E-state index contributed by atoms with van der Waals surface area (Å²) in [5, 5.41) is 0. The minimum atomic E-state index is -0.278. The van der Waals surface area contributed by atoms with Crippen molar-refractivity contribution in [2.75, 3.05) is 0 Å². The molecule has 3 heteroatoms. The van der Waals surface area contributed by atoms with Crippen molar-refractivity contribution in [2.45, 2.75) is 48.5 Å². The van der Waals surface area contributed by atoms with Crippen LogP contribution in [0.2, 0.25) is 0 Å². The molecule has 1 aliphatic rings. The second-order valence-electron chi connectivity index (χ2n) is 4.84. The van der Waals surface area contributed by atoms with Crippen molar-refractivity contribution in [1.82, 2.24) is 0 Å². The third kappa shape index (κ3) is 4.12. The van der Waals surface area contributed by atoms with Crippen LogP contribution in [0.15, 0.2) is 30.3 Å². The van der Waals surface area contributed by atoms with Gasteiger partial charge in [0.05, 0.1) is 5.92 Å². The molecule has 0 spiro atoms. The van der Waals surface area contributed by atoms with Crippen molar-refractivity contribution in [3.8, 4) is 0 Å². The number of carbonyl (C=O) groups is 2. The zero-order valence-corrected chi connectivity index (χ0v) is 11.8. The molecule has 1 aromatic rings. The van der Waals surface area contributed by atoms with Gasteiger partial charge in [0, 0.05) is 5.92 Å². The lowest BCUT2D eigenvalue weighted by Gasteiger charge is -2.20. The van der Waals surface area contributed by atoms with Crippen molar-refractivity contribution in [2.24, 2.45) is 11.8 Å². The summed E-state index contributed by atoms with van der Waals surface area (Å²) in [6, 6.07) is 9.92. The van der Waals surface area contributed by atoms with Gasteiger partial charge in [-0.05, 0) is 18.9 Å². The maximum absolute atomic E-state index is 12.1. The average Bonchev–Trinajstić information content (AvgIpc) is 2.59. The van der Waals surface area contributed by atoms with Crippen LogP contribution in [0.25, 0.3) is 0 Å². The number of hydrogen-bond donors (Lipinski definition) is 0. The summed E-state index contributed by atoms with van der Waals surface area (Å²) in [6.07, 6.45) is 0.839. The van der Waals surface area contributed by atoms with E-state index in [-0.39, 0.29) is 59.3 Å². The molecule has 0 aromatic heterocycles. The van der Waals surface area contributed by atoms with Crippen molar-refractivity contribution in [3.63, 3.8) is 0 Å². The van der Waals surface area contributed by atoms with Gasteiger partial charge in [0.1, 0.15) is 12.6 Å². The third-order valence-corrected chi connectivity index (χ3v) is 3.85. The molecule has 1 heterocycles. The highest BCUT2D eigenvalue weighted by atomic mass is 16.2. The van der Waals surface area contributed by atoms with Gasteiger partial charge in [-0.3, -0.25) is 0 Å². The first-order chi connectivity index (χ1) is 8.57. The largest absolute Gasteiger partial charge is 0.399 e. The summed E-state index contributed by atoms with van der Waals surface area (Å²) in [5.74, 6) is -0.783. The molecule has 2 rings (SSSR count). The molecule has 2 amide bonds. The fraction of sp³-hybridized carbons (Fsp3) is 0.474. The van der Waals surface area contributed by atoms with Gasteiger partial charge >= 0.3 is 11.8 Å². The number of amides is 2. The Morgan fingerprint density at radius 2 is 1.59 bits per heavy atom. The monoisotopic (exact) mass is 307 g/mol. The number of rotatable bonds is 3. The van der Waals surface area contributed by atoms with Crippen LogP contribution in [0.5, 0.6) is 0 Å². The van der Waals surface area contributed by atoms with E-state index in [1.807, 2.05) is 44.2 Å². The van der Waals surface area contributed by atoms with Crippen LogP contribution in [-0.4, -0.2) is 23.1 Å². The van der Waals surface area contributed by atoms with Crippen molar-refractivity contribution in [3.05, 3.63) is 43.3 Å². The molecule has 0 saturated carbocycles. The van der Waals surface area contributed by atoms with E-state index in [2.05, 4.69) is 6.72 Å². The number of nitrogens with zero attached hydrogens (tertiary/aromatic N) is 1. The highest BCUT2D eigenvalue weighted by molar-refractivity contribution is 5.95. The first kappa shape index (κ1) is 25.2. The van der Waals surface area contributed by atoms with Gasteiger partial charge in [-0.15, -0.1) is 4.58 Å². The van der Waals surface area contributed by atoms with Crippen LogP contribution in [0, 0.1) is 19.3 Å². The molecular weight excluding hydrogens is 274 g/mol. The van der Waals surface area contributed by atoms with Crippen molar-refractivity contribution < 1.29 is 14.2 Å². The first-order valence-electron chi connectivity index (χ1n) is 6.31. The summed E-state index contributed by atoms with van der Waals surface area (Å²) in [6.45, 7) is 7.42. The van der Waals surface area contributed by atoms with Gasteiger partial charge < -0.3 is 7.43 Å². The normalized spacial score (nSPS) is 20.9. The Kier molecular flexibility index (Phi) is 11.5. The standard InChI is InChI=1S/C15H18NO2.3CH4.CH3/c1-4-12(11-8-6-5-7-9-11)13-10(2)14(17)16(3)15(13)18;;;;/h5-10,12-13H,3-4H2,1-2H3;3*1H4;1H3/q+1;;;;-1. The lowest BCUT2D eigenvalue weighted by molar-refractivity contribution is -0.368. The molecule has 1 saturated heterocycles. The molecule has 1 aliphatic heterocycles. The van der Waals surface area contributed by atoms with Gasteiger partial charge in [-0.1, -0.05) is 59.5 Å². The SMILES string of the molecule is C.C.C.C=[N+]1C(=O)C(C)C(C(CC)c2ccccc2)C1=O.[CH3-]. The summed E-state index contributed by atoms with van der Waals surface area (Å²) in [4.78, 5) is 24.0. The van der Waals surface area contributed by atoms with Crippen LogP contribution in [0.4, 0.5) is 0 Å². The lowest BCUT2D eigenvalue weighted by Crippen LogP contribution is -2.24. The molecule has 3 nitrogen and oxygen atoms in total. The topological polar surface area (TPSA) is 37.1 Å². The highest BCUT2D eigenvalue weighted by Crippen LogP contribution is 2.37. The van der Waals surface area contributed by atoms with E-state index in [1.54, 1.807) is 0 Å². The van der Waals surface area contributed by atoms with Gasteiger partial charge in [0.25, 0.3) is 0 Å². The van der Waals surface area contributed by atoms with Crippen LogP contribution in [0.3, 0.4) is 0 Å². The van der Waals surface area contributed by atoms with Crippen LogP contribution >= 0.6 is 0 Å². The zero-order valence-electron chi connectivity index (χ0n) is 11.8. The van der Waals surface area contributed by atoms with E-state index in [0.717, 1.165) is 16.6 Å². The molecule has 0 bridgehead atoms. The smallest absolute Gasteiger partial charge is 0.358 e. The minimum absolute atomic E-state index is 0. The van der Waals surface area contributed by atoms with Gasteiger partial charge in [0.15, 0.2) is 0 Å². The fourth-order valence-corrected chi connectivity index (χ4v) is 2.82. The van der Waals surface area contributed by atoms with E-state index in [0.29, 0.717) is 0 Å². The van der Waals surface area contributed by atoms with E-state index in [9.17, 15) is 9.59 Å². The van der Waals surface area contributed by atoms with Crippen LogP contribution < -0.4 is 0 Å². The third-order valence-electron chi connectivity index (χ3n) is 3.85. The quantitative estimate of drug-likeness (QED) is 0.466. The Labute approximate surface area is 137 Å². The van der Waals surface area contributed by atoms with E-state index in [4.69, 9.17) is 0 Å². The fourth-order valence-electron chi connectivity index (χ4n) is 2.82. The van der Waals surface area contributed by atoms with Gasteiger partial charge in [-0.25, -0.2) is 9.59 Å². The maximum Gasteiger partial charge on any atom is 0.399 e. The number of imide groups is 1. The van der Waals surface area contributed by atoms with Crippen LogP contribution in [-0.2, 0) is 9.59 Å². The molecule has 22 heavy (non-hydrogen) atoms. The minimum Gasteiger partial charge on any atom is -0.358 e. The first-order valence-corrected chi connectivity index (χ1v) is 6.31. The Hall–Kier alpha value is -1.77. The molecule has 0 aliphatic carbocycles. The Bertz CT molecular complexity index is 493. The molecule has 1 aromatic carbocycles. The molecule has 3 atom stereocenters. The van der Waals surface area contributed by atoms with E-state index < -0.39 is 0 Å². The summed E-state index contributed by atoms with van der Waals surface area (Å²) in [7, 11) is 0. The van der Waals surface area contributed by atoms with Crippen molar-refractivity contribution >= 4 is 18.5 Å². The second-order valence-corrected chi connectivity index (χ2v) is 4.84. The van der Waals surface area contributed by atoms with E-state index >= 15 is 0 Å². The number of carbonyl (C=O) groups excluding carboxylic acids is 2. The Morgan fingerprint density at radius 1 is 1.09 bits per heavy atom. The lowest BCUT2D eigenvalue weighted by atomic mass is 9.78. The highest BCUT2D eigenvalue weighted by Gasteiger charge is 2.53. The summed E-state index contributed by atoms with van der Waals surface area (Å²) < 4.78 is 1.03. The maximum atomic E-state index is 12.1. The molecule has 0 N–H and O–H groups in total.